The number of hydrogen-bond donors (Lipinski definition) is 0. The largest absolute Gasteiger partial charge is 0.285 e. The predicted octanol–water partition coefficient (Wildman–Crippen LogP) is 5.57. The molecule has 1 aliphatic rings. The molecule has 0 N–H and O–H groups in total. The summed E-state index contributed by atoms with van der Waals surface area (Å²) in [5, 5.41) is 0. The number of hydrogen-bond acceptors (Lipinski definition) is 1. The third-order valence-corrected chi connectivity index (χ3v) is 5.70. The summed E-state index contributed by atoms with van der Waals surface area (Å²) in [6.07, 6.45) is 0. The third-order valence-electron chi connectivity index (χ3n) is 5.70. The van der Waals surface area contributed by atoms with Gasteiger partial charge in [0, 0.05) is 13.1 Å². The Kier molecular flexibility index (Phi) is 4.19. The van der Waals surface area contributed by atoms with Crippen LogP contribution in [0.3, 0.4) is 0 Å². The van der Waals surface area contributed by atoms with Gasteiger partial charge in [-0.25, -0.2) is 0 Å². The molecular formula is C24H25N. The second-order valence-electron chi connectivity index (χ2n) is 7.29. The first kappa shape index (κ1) is 16.1. The minimum atomic E-state index is -0.111. The van der Waals surface area contributed by atoms with Crippen molar-refractivity contribution in [2.24, 2.45) is 0 Å². The summed E-state index contributed by atoms with van der Waals surface area (Å²) in [5.74, 6) is 0.539. The molecule has 0 saturated heterocycles. The molecule has 0 saturated carbocycles. The average molecular weight is 327 g/mol. The van der Waals surface area contributed by atoms with Crippen LogP contribution in [0, 0.1) is 0 Å². The summed E-state index contributed by atoms with van der Waals surface area (Å²) < 4.78 is 0. The van der Waals surface area contributed by atoms with Crippen LogP contribution in [0.2, 0.25) is 0 Å². The van der Waals surface area contributed by atoms with E-state index in [4.69, 9.17) is 0 Å². The van der Waals surface area contributed by atoms with E-state index in [1.165, 1.54) is 22.3 Å². The molecule has 1 nitrogen and oxygen atoms in total. The van der Waals surface area contributed by atoms with E-state index in [1.807, 2.05) is 0 Å². The third kappa shape index (κ3) is 2.79. The highest BCUT2D eigenvalue weighted by molar-refractivity contribution is 5.46. The number of rotatable bonds is 3. The molecule has 0 amide bonds. The van der Waals surface area contributed by atoms with Crippen LogP contribution >= 0.6 is 0 Å². The maximum Gasteiger partial charge on any atom is 0.0692 e. The quantitative estimate of drug-likeness (QED) is 0.608. The van der Waals surface area contributed by atoms with E-state index in [-0.39, 0.29) is 5.54 Å². The summed E-state index contributed by atoms with van der Waals surface area (Å²) in [5.41, 5.74) is 5.55. The first-order valence-electron chi connectivity index (χ1n) is 9.13. The van der Waals surface area contributed by atoms with E-state index in [0.29, 0.717) is 5.92 Å². The summed E-state index contributed by atoms with van der Waals surface area (Å²) in [4.78, 5) is 2.64. The highest BCUT2D eigenvalue weighted by atomic mass is 15.2. The zero-order chi connectivity index (χ0) is 17.3. The van der Waals surface area contributed by atoms with E-state index < -0.39 is 0 Å². The molecule has 2 unspecified atom stereocenters. The highest BCUT2D eigenvalue weighted by Gasteiger charge is 2.41. The van der Waals surface area contributed by atoms with Gasteiger partial charge < -0.3 is 0 Å². The van der Waals surface area contributed by atoms with Gasteiger partial charge in [-0.05, 0) is 35.1 Å². The highest BCUT2D eigenvalue weighted by Crippen LogP contribution is 2.44. The fourth-order valence-corrected chi connectivity index (χ4v) is 4.28. The lowest BCUT2D eigenvalue weighted by atomic mass is 9.74. The fourth-order valence-electron chi connectivity index (χ4n) is 4.28. The monoisotopic (exact) mass is 327 g/mol. The summed E-state index contributed by atoms with van der Waals surface area (Å²) in [6.45, 7) is 6.76. The van der Waals surface area contributed by atoms with Gasteiger partial charge >= 0.3 is 0 Å². The van der Waals surface area contributed by atoms with Crippen molar-refractivity contribution in [3.8, 4) is 0 Å². The molecule has 0 aliphatic carbocycles. The van der Waals surface area contributed by atoms with Gasteiger partial charge in [0.2, 0.25) is 0 Å². The van der Waals surface area contributed by atoms with Crippen molar-refractivity contribution in [1.29, 1.82) is 0 Å². The zero-order valence-electron chi connectivity index (χ0n) is 15.0. The van der Waals surface area contributed by atoms with Gasteiger partial charge in [-0.2, -0.15) is 0 Å². The SMILES string of the molecule is CC1CN(Cc2ccccc2)C(C)(c2ccccc2)c2ccccc21. The van der Waals surface area contributed by atoms with Gasteiger partial charge in [-0.1, -0.05) is 91.9 Å². The molecule has 0 bridgehead atoms. The summed E-state index contributed by atoms with van der Waals surface area (Å²) in [7, 11) is 0. The first-order valence-corrected chi connectivity index (χ1v) is 9.13. The van der Waals surface area contributed by atoms with Crippen molar-refractivity contribution >= 4 is 0 Å². The number of nitrogens with zero attached hydrogens (tertiary/aromatic N) is 1. The molecule has 1 heteroatoms. The fraction of sp³-hybridized carbons (Fsp3) is 0.250. The van der Waals surface area contributed by atoms with E-state index in [1.54, 1.807) is 0 Å². The van der Waals surface area contributed by atoms with E-state index in [0.717, 1.165) is 13.1 Å². The molecule has 1 aliphatic heterocycles. The van der Waals surface area contributed by atoms with Crippen molar-refractivity contribution in [3.63, 3.8) is 0 Å². The number of benzene rings is 3. The Morgan fingerprint density at radius 3 is 2.16 bits per heavy atom. The second kappa shape index (κ2) is 6.50. The molecule has 2 atom stereocenters. The Morgan fingerprint density at radius 1 is 0.840 bits per heavy atom. The minimum Gasteiger partial charge on any atom is -0.285 e. The molecule has 0 spiro atoms. The number of fused-ring (bicyclic) bond motifs is 1. The van der Waals surface area contributed by atoms with Gasteiger partial charge in [0.15, 0.2) is 0 Å². The second-order valence-corrected chi connectivity index (χ2v) is 7.29. The maximum atomic E-state index is 2.64. The first-order chi connectivity index (χ1) is 12.2. The van der Waals surface area contributed by atoms with Crippen LogP contribution in [0.5, 0.6) is 0 Å². The summed E-state index contributed by atoms with van der Waals surface area (Å²) >= 11 is 0. The van der Waals surface area contributed by atoms with Gasteiger partial charge in [-0.15, -0.1) is 0 Å². The minimum absolute atomic E-state index is 0.111. The molecule has 0 fully saturated rings. The molecule has 1 heterocycles. The van der Waals surface area contributed by atoms with Crippen molar-refractivity contribution in [2.75, 3.05) is 6.54 Å². The van der Waals surface area contributed by atoms with Crippen LogP contribution in [0.4, 0.5) is 0 Å². The Bertz CT molecular complexity index is 840. The van der Waals surface area contributed by atoms with Gasteiger partial charge in [-0.3, -0.25) is 4.90 Å². The average Bonchev–Trinajstić information content (AvgIpc) is 2.67. The molecule has 25 heavy (non-hydrogen) atoms. The van der Waals surface area contributed by atoms with Crippen LogP contribution in [0.1, 0.15) is 42.0 Å². The van der Waals surface area contributed by atoms with E-state index in [2.05, 4.69) is 104 Å². The van der Waals surface area contributed by atoms with Crippen LogP contribution < -0.4 is 0 Å². The standard InChI is InChI=1S/C24H25N/c1-19-17-25(18-20-11-5-3-6-12-20)24(2,21-13-7-4-8-14-21)23-16-10-9-15-22(19)23/h3-16,19H,17-18H2,1-2H3. The lowest BCUT2D eigenvalue weighted by Gasteiger charge is -2.49. The Morgan fingerprint density at radius 2 is 1.44 bits per heavy atom. The Hall–Kier alpha value is -2.38. The van der Waals surface area contributed by atoms with Crippen molar-refractivity contribution in [1.82, 2.24) is 4.90 Å². The lowest BCUT2D eigenvalue weighted by Crippen LogP contribution is -2.49. The molecule has 3 aromatic rings. The summed E-state index contributed by atoms with van der Waals surface area (Å²) in [6, 6.07) is 30.8. The molecule has 0 radical (unpaired) electrons. The van der Waals surface area contributed by atoms with E-state index >= 15 is 0 Å². The normalized spacial score (nSPS) is 23.2. The maximum absolute atomic E-state index is 2.64. The van der Waals surface area contributed by atoms with Crippen molar-refractivity contribution < 1.29 is 0 Å². The van der Waals surface area contributed by atoms with Gasteiger partial charge in [0.05, 0.1) is 5.54 Å². The molecule has 4 rings (SSSR count). The van der Waals surface area contributed by atoms with E-state index in [9.17, 15) is 0 Å². The zero-order valence-corrected chi connectivity index (χ0v) is 15.0. The topological polar surface area (TPSA) is 3.24 Å². The lowest BCUT2D eigenvalue weighted by molar-refractivity contribution is 0.105. The van der Waals surface area contributed by atoms with Crippen LogP contribution in [0.25, 0.3) is 0 Å². The smallest absolute Gasteiger partial charge is 0.0692 e. The van der Waals surface area contributed by atoms with Crippen LogP contribution in [-0.4, -0.2) is 11.4 Å². The van der Waals surface area contributed by atoms with Gasteiger partial charge in [0.25, 0.3) is 0 Å². The Labute approximate surface area is 150 Å². The van der Waals surface area contributed by atoms with Crippen LogP contribution in [-0.2, 0) is 12.1 Å². The molecule has 126 valence electrons. The molecule has 0 aromatic heterocycles. The predicted molar refractivity (Wildman–Crippen MR) is 105 cm³/mol. The molecular weight excluding hydrogens is 302 g/mol. The van der Waals surface area contributed by atoms with Crippen molar-refractivity contribution in [2.45, 2.75) is 31.8 Å². The Balaban J connectivity index is 1.85. The van der Waals surface area contributed by atoms with Crippen LogP contribution in [0.15, 0.2) is 84.9 Å². The molecule has 3 aromatic carbocycles. The van der Waals surface area contributed by atoms with Crippen molar-refractivity contribution in [3.05, 3.63) is 107 Å². The van der Waals surface area contributed by atoms with Gasteiger partial charge in [0.1, 0.15) is 0 Å².